The summed E-state index contributed by atoms with van der Waals surface area (Å²) in [5, 5.41) is 2.87. The van der Waals surface area contributed by atoms with Gasteiger partial charge in [-0.15, -0.1) is 0 Å². The molecule has 0 bridgehead atoms. The average molecular weight is 428 g/mol. The first-order chi connectivity index (χ1) is 14.4. The number of anilines is 1. The Labute approximate surface area is 178 Å². The first-order valence-corrected chi connectivity index (χ1v) is 9.43. The van der Waals surface area contributed by atoms with Crippen molar-refractivity contribution in [1.82, 2.24) is 0 Å². The van der Waals surface area contributed by atoms with Crippen LogP contribution in [0.15, 0.2) is 66.7 Å². The summed E-state index contributed by atoms with van der Waals surface area (Å²) in [7, 11) is 1.48. The van der Waals surface area contributed by atoms with Crippen molar-refractivity contribution in [1.29, 1.82) is 0 Å². The zero-order valence-corrected chi connectivity index (χ0v) is 17.1. The van der Waals surface area contributed by atoms with Crippen LogP contribution in [-0.2, 0) is 9.53 Å². The number of amides is 1. The molecule has 3 aromatic carbocycles. The van der Waals surface area contributed by atoms with Gasteiger partial charge in [-0.05, 0) is 42.8 Å². The van der Waals surface area contributed by atoms with Crippen molar-refractivity contribution >= 4 is 29.2 Å². The van der Waals surface area contributed by atoms with Crippen LogP contribution >= 0.6 is 11.6 Å². The van der Waals surface area contributed by atoms with Crippen molar-refractivity contribution in [2.24, 2.45) is 0 Å². The van der Waals surface area contributed by atoms with E-state index in [0.29, 0.717) is 17.0 Å². The maximum absolute atomic E-state index is 14.1. The molecule has 3 aromatic rings. The molecule has 1 N–H and O–H groups in total. The molecule has 30 heavy (non-hydrogen) atoms. The molecule has 1 unspecified atom stereocenters. The van der Waals surface area contributed by atoms with E-state index in [-0.39, 0.29) is 10.6 Å². The summed E-state index contributed by atoms with van der Waals surface area (Å²) in [6, 6.07) is 17.4. The standard InChI is InChI=1S/C23H19ClFNO4/c1-14-8-11-20(29-2)19(12-14)26-22(27)21(15-6-4-3-5-7-15)30-23(28)17-10-9-16(24)13-18(17)25/h3-13,21H,1-2H3,(H,26,27). The number of nitrogens with one attached hydrogen (secondary N) is 1. The second kappa shape index (κ2) is 9.41. The van der Waals surface area contributed by atoms with E-state index in [1.54, 1.807) is 42.5 Å². The van der Waals surface area contributed by atoms with E-state index >= 15 is 0 Å². The number of carbonyl (C=O) groups is 2. The SMILES string of the molecule is COc1ccc(C)cc1NC(=O)C(OC(=O)c1ccc(Cl)cc1F)c1ccccc1. The van der Waals surface area contributed by atoms with Crippen LogP contribution in [0, 0.1) is 12.7 Å². The van der Waals surface area contributed by atoms with Crippen LogP contribution in [0.4, 0.5) is 10.1 Å². The minimum absolute atomic E-state index is 0.146. The third kappa shape index (κ3) is 4.96. The lowest BCUT2D eigenvalue weighted by Gasteiger charge is -2.19. The first kappa shape index (κ1) is 21.3. The Morgan fingerprint density at radius 1 is 1.03 bits per heavy atom. The van der Waals surface area contributed by atoms with Gasteiger partial charge in [-0.3, -0.25) is 4.79 Å². The van der Waals surface area contributed by atoms with Crippen LogP contribution in [0.3, 0.4) is 0 Å². The van der Waals surface area contributed by atoms with Gasteiger partial charge in [0.05, 0.1) is 18.4 Å². The molecule has 0 saturated carbocycles. The molecule has 0 aliphatic carbocycles. The normalized spacial score (nSPS) is 11.5. The Morgan fingerprint density at radius 2 is 1.77 bits per heavy atom. The number of aryl methyl sites for hydroxylation is 1. The van der Waals surface area contributed by atoms with Gasteiger partial charge in [0, 0.05) is 10.6 Å². The lowest BCUT2D eigenvalue weighted by Crippen LogP contribution is -2.26. The Hall–Kier alpha value is -3.38. The summed E-state index contributed by atoms with van der Waals surface area (Å²) in [5.74, 6) is -1.96. The van der Waals surface area contributed by atoms with Crippen molar-refractivity contribution in [3.05, 3.63) is 94.3 Å². The monoisotopic (exact) mass is 427 g/mol. The smallest absolute Gasteiger partial charge is 0.342 e. The first-order valence-electron chi connectivity index (χ1n) is 9.05. The second-order valence-corrected chi connectivity index (χ2v) is 6.95. The molecule has 3 rings (SSSR count). The molecule has 1 amide bonds. The maximum atomic E-state index is 14.1. The summed E-state index contributed by atoms with van der Waals surface area (Å²) in [6.45, 7) is 1.87. The summed E-state index contributed by atoms with van der Waals surface area (Å²) in [5.41, 5.74) is 1.45. The minimum Gasteiger partial charge on any atom is -0.495 e. The van der Waals surface area contributed by atoms with Gasteiger partial charge in [0.1, 0.15) is 11.6 Å². The van der Waals surface area contributed by atoms with Crippen molar-refractivity contribution in [3.8, 4) is 5.75 Å². The molecule has 154 valence electrons. The largest absolute Gasteiger partial charge is 0.495 e. The van der Waals surface area contributed by atoms with Crippen molar-refractivity contribution in [3.63, 3.8) is 0 Å². The van der Waals surface area contributed by atoms with Gasteiger partial charge in [0.15, 0.2) is 0 Å². The van der Waals surface area contributed by atoms with E-state index in [0.717, 1.165) is 11.6 Å². The van der Waals surface area contributed by atoms with Gasteiger partial charge in [-0.1, -0.05) is 48.0 Å². The van der Waals surface area contributed by atoms with Gasteiger partial charge in [-0.2, -0.15) is 0 Å². The number of esters is 1. The second-order valence-electron chi connectivity index (χ2n) is 6.51. The minimum atomic E-state index is -1.31. The Bertz CT molecular complexity index is 1070. The highest BCUT2D eigenvalue weighted by Gasteiger charge is 2.27. The molecule has 1 atom stereocenters. The van der Waals surface area contributed by atoms with Crippen LogP contribution in [0.1, 0.15) is 27.6 Å². The number of ether oxygens (including phenoxy) is 2. The molecule has 7 heteroatoms. The summed E-state index contributed by atoms with van der Waals surface area (Å²) < 4.78 is 24.8. The topological polar surface area (TPSA) is 64.6 Å². The van der Waals surface area contributed by atoms with Gasteiger partial charge in [-0.25, -0.2) is 9.18 Å². The highest BCUT2D eigenvalue weighted by atomic mass is 35.5. The number of benzene rings is 3. The third-order valence-electron chi connectivity index (χ3n) is 4.33. The summed E-state index contributed by atoms with van der Waals surface area (Å²) in [4.78, 5) is 25.6. The highest BCUT2D eigenvalue weighted by molar-refractivity contribution is 6.30. The van der Waals surface area contributed by atoms with Crippen LogP contribution in [-0.4, -0.2) is 19.0 Å². The van der Waals surface area contributed by atoms with Crippen molar-refractivity contribution in [2.75, 3.05) is 12.4 Å². The predicted octanol–water partition coefficient (Wildman–Crippen LogP) is 5.33. The number of methoxy groups -OCH3 is 1. The van der Waals surface area contributed by atoms with Gasteiger partial charge >= 0.3 is 5.97 Å². The lowest BCUT2D eigenvalue weighted by atomic mass is 10.1. The van der Waals surface area contributed by atoms with E-state index in [4.69, 9.17) is 21.1 Å². The molecular formula is C23H19ClFNO4. The van der Waals surface area contributed by atoms with Gasteiger partial charge in [0.25, 0.3) is 5.91 Å². The Kier molecular flexibility index (Phi) is 6.69. The van der Waals surface area contributed by atoms with Gasteiger partial charge in [0.2, 0.25) is 6.10 Å². The number of hydrogen-bond acceptors (Lipinski definition) is 4. The van der Waals surface area contributed by atoms with Crippen LogP contribution in [0.2, 0.25) is 5.02 Å². The molecule has 5 nitrogen and oxygen atoms in total. The fraction of sp³-hybridized carbons (Fsp3) is 0.130. The molecule has 0 aliphatic heterocycles. The quantitative estimate of drug-likeness (QED) is 0.540. The number of hydrogen-bond donors (Lipinski definition) is 1. The van der Waals surface area contributed by atoms with Crippen LogP contribution < -0.4 is 10.1 Å². The summed E-state index contributed by atoms with van der Waals surface area (Å²) >= 11 is 5.74. The molecule has 0 fully saturated rings. The molecule has 0 heterocycles. The molecule has 0 radical (unpaired) electrons. The Balaban J connectivity index is 1.90. The average Bonchev–Trinajstić information content (AvgIpc) is 2.72. The summed E-state index contributed by atoms with van der Waals surface area (Å²) in [6.07, 6.45) is -1.31. The molecular weight excluding hydrogens is 409 g/mol. The third-order valence-corrected chi connectivity index (χ3v) is 4.56. The Morgan fingerprint density at radius 3 is 2.43 bits per heavy atom. The van der Waals surface area contributed by atoms with E-state index in [9.17, 15) is 14.0 Å². The molecule has 0 saturated heterocycles. The predicted molar refractivity (Wildman–Crippen MR) is 112 cm³/mol. The van der Waals surface area contributed by atoms with E-state index in [1.807, 2.05) is 13.0 Å². The van der Waals surface area contributed by atoms with Crippen molar-refractivity contribution < 1.29 is 23.5 Å². The zero-order chi connectivity index (χ0) is 21.7. The molecule has 0 aromatic heterocycles. The fourth-order valence-electron chi connectivity index (χ4n) is 2.84. The number of carbonyl (C=O) groups excluding carboxylic acids is 2. The lowest BCUT2D eigenvalue weighted by molar-refractivity contribution is -0.125. The molecule has 0 spiro atoms. The number of halogens is 2. The zero-order valence-electron chi connectivity index (χ0n) is 16.3. The fourth-order valence-corrected chi connectivity index (χ4v) is 3.00. The van der Waals surface area contributed by atoms with E-state index < -0.39 is 23.8 Å². The maximum Gasteiger partial charge on any atom is 0.342 e. The van der Waals surface area contributed by atoms with E-state index in [1.165, 1.54) is 19.2 Å². The molecule has 0 aliphatic rings. The van der Waals surface area contributed by atoms with Crippen LogP contribution in [0.5, 0.6) is 5.75 Å². The van der Waals surface area contributed by atoms with Crippen molar-refractivity contribution in [2.45, 2.75) is 13.0 Å². The van der Waals surface area contributed by atoms with E-state index in [2.05, 4.69) is 5.32 Å². The van der Waals surface area contributed by atoms with Crippen LogP contribution in [0.25, 0.3) is 0 Å². The number of rotatable bonds is 6. The van der Waals surface area contributed by atoms with Gasteiger partial charge < -0.3 is 14.8 Å². The highest BCUT2D eigenvalue weighted by Crippen LogP contribution is 2.28.